The summed E-state index contributed by atoms with van der Waals surface area (Å²) in [4.78, 5) is 29.2. The van der Waals surface area contributed by atoms with Gasteiger partial charge < -0.3 is 10.1 Å². The monoisotopic (exact) mass is 430 g/mol. The van der Waals surface area contributed by atoms with Crippen LogP contribution in [0, 0.1) is 0 Å². The van der Waals surface area contributed by atoms with E-state index >= 15 is 0 Å². The van der Waals surface area contributed by atoms with Crippen molar-refractivity contribution in [1.82, 2.24) is 0 Å². The van der Waals surface area contributed by atoms with Crippen LogP contribution < -0.4 is 15.0 Å². The maximum atomic E-state index is 13.4. The topological polar surface area (TPSA) is 58.6 Å². The summed E-state index contributed by atoms with van der Waals surface area (Å²) in [5.74, 6) is -0.328. The van der Waals surface area contributed by atoms with Gasteiger partial charge in [-0.05, 0) is 48.4 Å². The molecule has 31 heavy (non-hydrogen) atoms. The van der Waals surface area contributed by atoms with Crippen molar-refractivity contribution in [2.24, 2.45) is 0 Å². The summed E-state index contributed by atoms with van der Waals surface area (Å²) in [6.07, 6.45) is 0.928. The second kappa shape index (κ2) is 9.10. The van der Waals surface area contributed by atoms with E-state index in [1.807, 2.05) is 54.6 Å². The Kier molecular flexibility index (Phi) is 6.09. The molecule has 3 aromatic carbocycles. The summed E-state index contributed by atoms with van der Waals surface area (Å²) < 4.78 is 5.40. The van der Waals surface area contributed by atoms with E-state index in [9.17, 15) is 9.59 Å². The zero-order chi connectivity index (χ0) is 21.8. The van der Waals surface area contributed by atoms with Crippen LogP contribution in [-0.2, 0) is 16.0 Å². The Labute approximate surface area is 185 Å². The van der Waals surface area contributed by atoms with Crippen molar-refractivity contribution < 1.29 is 14.3 Å². The number of carbonyl (C=O) groups is 2. The minimum Gasteiger partial charge on any atom is -0.495 e. The highest BCUT2D eigenvalue weighted by atomic mass is 32.2. The number of aryl methyl sites for hydroxylation is 1. The third-order valence-electron chi connectivity index (χ3n) is 4.96. The van der Waals surface area contributed by atoms with E-state index in [1.54, 1.807) is 24.3 Å². The van der Waals surface area contributed by atoms with Crippen LogP contribution in [0.5, 0.6) is 5.75 Å². The van der Waals surface area contributed by atoms with E-state index in [1.165, 1.54) is 29.3 Å². The molecule has 2 amide bonds. The molecule has 156 valence electrons. The Morgan fingerprint density at radius 3 is 2.23 bits per heavy atom. The molecule has 0 aromatic heterocycles. The molecule has 1 aliphatic rings. The number of para-hydroxylation sites is 2. The van der Waals surface area contributed by atoms with Gasteiger partial charge in [-0.3, -0.25) is 9.59 Å². The molecule has 5 nitrogen and oxygen atoms in total. The molecule has 1 aliphatic heterocycles. The number of hydrogen-bond acceptors (Lipinski definition) is 5. The Balaban J connectivity index is 1.74. The zero-order valence-electron chi connectivity index (χ0n) is 17.3. The van der Waals surface area contributed by atoms with Crippen LogP contribution in [0.3, 0.4) is 0 Å². The van der Waals surface area contributed by atoms with Crippen molar-refractivity contribution in [3.63, 3.8) is 0 Å². The van der Waals surface area contributed by atoms with Crippen LogP contribution in [0.25, 0.3) is 0 Å². The fraction of sp³-hybridized carbons (Fsp3) is 0.120. The van der Waals surface area contributed by atoms with Crippen LogP contribution in [-0.4, -0.2) is 18.9 Å². The van der Waals surface area contributed by atoms with Gasteiger partial charge in [0.15, 0.2) is 0 Å². The van der Waals surface area contributed by atoms with Gasteiger partial charge in [-0.1, -0.05) is 61.2 Å². The third-order valence-corrected chi connectivity index (χ3v) is 6.05. The Morgan fingerprint density at radius 1 is 0.871 bits per heavy atom. The molecule has 0 radical (unpaired) electrons. The average Bonchev–Trinajstić information content (AvgIpc) is 3.04. The van der Waals surface area contributed by atoms with Crippen molar-refractivity contribution in [1.29, 1.82) is 0 Å². The SMILES string of the molecule is CCc1ccc(NC2=C(Sc3ccccc3)C(=O)N(c3ccccc3OC)C2=O)cc1. The number of methoxy groups -OCH3 is 1. The number of nitrogens with zero attached hydrogens (tertiary/aromatic N) is 1. The Morgan fingerprint density at radius 2 is 1.55 bits per heavy atom. The van der Waals surface area contributed by atoms with E-state index in [-0.39, 0.29) is 11.6 Å². The molecule has 0 saturated heterocycles. The molecule has 1 N–H and O–H groups in total. The molecule has 6 heteroatoms. The highest BCUT2D eigenvalue weighted by Gasteiger charge is 2.41. The van der Waals surface area contributed by atoms with Crippen molar-refractivity contribution in [3.05, 3.63) is 95.0 Å². The van der Waals surface area contributed by atoms with Crippen LogP contribution in [0.2, 0.25) is 0 Å². The predicted molar refractivity (Wildman–Crippen MR) is 124 cm³/mol. The summed E-state index contributed by atoms with van der Waals surface area (Å²) in [6, 6.07) is 24.4. The molecule has 0 saturated carbocycles. The highest BCUT2D eigenvalue weighted by molar-refractivity contribution is 8.04. The van der Waals surface area contributed by atoms with E-state index in [4.69, 9.17) is 4.74 Å². The van der Waals surface area contributed by atoms with Gasteiger partial charge in [0.25, 0.3) is 11.8 Å². The van der Waals surface area contributed by atoms with Crippen LogP contribution >= 0.6 is 11.8 Å². The Bertz CT molecular complexity index is 1140. The van der Waals surface area contributed by atoms with Crippen molar-refractivity contribution in [2.75, 3.05) is 17.3 Å². The van der Waals surface area contributed by atoms with Gasteiger partial charge in [0.05, 0.1) is 12.8 Å². The van der Waals surface area contributed by atoms with Crippen LogP contribution in [0.15, 0.2) is 94.4 Å². The molecule has 0 fully saturated rings. The molecule has 3 aromatic rings. The lowest BCUT2D eigenvalue weighted by atomic mass is 10.1. The summed E-state index contributed by atoms with van der Waals surface area (Å²) >= 11 is 1.27. The Hall–Kier alpha value is -3.51. The van der Waals surface area contributed by atoms with E-state index < -0.39 is 5.91 Å². The molecular formula is C25H22N2O3S. The molecular weight excluding hydrogens is 408 g/mol. The number of hydrogen-bond donors (Lipinski definition) is 1. The number of rotatable bonds is 7. The lowest BCUT2D eigenvalue weighted by molar-refractivity contribution is -0.120. The largest absolute Gasteiger partial charge is 0.495 e. The molecule has 0 unspecified atom stereocenters. The summed E-state index contributed by atoms with van der Waals surface area (Å²) in [5, 5.41) is 3.19. The van der Waals surface area contributed by atoms with Gasteiger partial charge in [0, 0.05) is 10.6 Å². The fourth-order valence-corrected chi connectivity index (χ4v) is 4.27. The number of benzene rings is 3. The quantitative estimate of drug-likeness (QED) is 0.519. The summed E-state index contributed by atoms with van der Waals surface area (Å²) in [6.45, 7) is 2.09. The minimum absolute atomic E-state index is 0.258. The maximum absolute atomic E-state index is 13.4. The van der Waals surface area contributed by atoms with E-state index in [0.29, 0.717) is 16.3 Å². The molecule has 1 heterocycles. The van der Waals surface area contributed by atoms with Crippen molar-refractivity contribution in [3.8, 4) is 5.75 Å². The first-order chi connectivity index (χ1) is 15.1. The number of imide groups is 1. The van der Waals surface area contributed by atoms with Gasteiger partial charge >= 0.3 is 0 Å². The van der Waals surface area contributed by atoms with Gasteiger partial charge in [-0.2, -0.15) is 0 Å². The lowest BCUT2D eigenvalue weighted by Gasteiger charge is -2.18. The van der Waals surface area contributed by atoms with Gasteiger partial charge in [0.2, 0.25) is 0 Å². The minimum atomic E-state index is -0.410. The maximum Gasteiger partial charge on any atom is 0.283 e. The van der Waals surface area contributed by atoms with Gasteiger partial charge in [-0.25, -0.2) is 4.90 Å². The first-order valence-corrected chi connectivity index (χ1v) is 10.8. The molecule has 0 aliphatic carbocycles. The number of anilines is 2. The standard InChI is InChI=1S/C25H22N2O3S/c1-3-17-13-15-18(16-14-17)26-22-23(31-19-9-5-4-6-10-19)25(29)27(24(22)28)20-11-7-8-12-21(20)30-2/h4-16,26H,3H2,1-2H3. The molecule has 0 atom stereocenters. The predicted octanol–water partition coefficient (Wildman–Crippen LogP) is 5.25. The first kappa shape index (κ1) is 20.8. The number of nitrogens with one attached hydrogen (secondary N) is 1. The lowest BCUT2D eigenvalue weighted by Crippen LogP contribution is -2.32. The van der Waals surface area contributed by atoms with E-state index in [2.05, 4.69) is 12.2 Å². The first-order valence-electron chi connectivity index (χ1n) is 9.97. The number of thioether (sulfide) groups is 1. The number of amides is 2. The molecule has 0 bridgehead atoms. The fourth-order valence-electron chi connectivity index (χ4n) is 3.32. The van der Waals surface area contributed by atoms with Crippen LogP contribution in [0.1, 0.15) is 12.5 Å². The zero-order valence-corrected chi connectivity index (χ0v) is 18.1. The second-order valence-corrected chi connectivity index (χ2v) is 8.00. The third kappa shape index (κ3) is 4.20. The van der Waals surface area contributed by atoms with Gasteiger partial charge in [0.1, 0.15) is 16.4 Å². The molecule has 0 spiro atoms. The van der Waals surface area contributed by atoms with Crippen LogP contribution in [0.4, 0.5) is 11.4 Å². The van der Waals surface area contributed by atoms with Crippen molar-refractivity contribution >= 4 is 35.0 Å². The summed E-state index contributed by atoms with van der Waals surface area (Å²) in [5.41, 5.74) is 2.63. The normalized spacial score (nSPS) is 13.7. The van der Waals surface area contributed by atoms with Crippen molar-refractivity contribution in [2.45, 2.75) is 18.2 Å². The smallest absolute Gasteiger partial charge is 0.283 e. The molecule has 4 rings (SSSR count). The average molecular weight is 431 g/mol. The highest BCUT2D eigenvalue weighted by Crippen LogP contribution is 2.40. The second-order valence-electron chi connectivity index (χ2n) is 6.91. The van der Waals surface area contributed by atoms with Gasteiger partial charge in [-0.15, -0.1) is 0 Å². The number of carbonyl (C=O) groups excluding carboxylic acids is 2. The van der Waals surface area contributed by atoms with E-state index in [0.717, 1.165) is 17.0 Å². The summed E-state index contributed by atoms with van der Waals surface area (Å²) in [7, 11) is 1.52. The number of ether oxygens (including phenoxy) is 1.